The van der Waals surface area contributed by atoms with E-state index in [0.29, 0.717) is 0 Å². The second-order valence-corrected chi connectivity index (χ2v) is 5.62. The fourth-order valence-corrected chi connectivity index (χ4v) is 2.73. The number of hydrogen-bond donors (Lipinski definition) is 0. The van der Waals surface area contributed by atoms with Gasteiger partial charge in [0, 0.05) is 0 Å². The molecule has 1 fully saturated rings. The Morgan fingerprint density at radius 2 is 1.18 bits per heavy atom. The first-order chi connectivity index (χ1) is 8.33. The summed E-state index contributed by atoms with van der Waals surface area (Å²) < 4.78 is 0. The molecule has 2 nitrogen and oxygen atoms in total. The van der Waals surface area contributed by atoms with Crippen LogP contribution in [0.25, 0.3) is 0 Å². The molecule has 0 aromatic rings. The lowest BCUT2D eigenvalue weighted by Gasteiger charge is -2.21. The zero-order valence-electron chi connectivity index (χ0n) is 12.1. The van der Waals surface area contributed by atoms with E-state index in [0.717, 1.165) is 0 Å². The minimum atomic E-state index is 1.30. The molecule has 0 N–H and O–H groups in total. The minimum Gasteiger partial charge on any atom is -0.306 e. The molecule has 1 saturated heterocycles. The molecule has 1 rings (SSSR count). The van der Waals surface area contributed by atoms with E-state index < -0.39 is 0 Å². The van der Waals surface area contributed by atoms with Crippen molar-refractivity contribution in [2.75, 3.05) is 39.8 Å². The van der Waals surface area contributed by atoms with Crippen LogP contribution in [0, 0.1) is 0 Å². The zero-order chi connectivity index (χ0) is 12.3. The maximum atomic E-state index is 2.68. The monoisotopic (exact) mass is 240 g/mol. The molecule has 17 heavy (non-hydrogen) atoms. The molecule has 1 aliphatic rings. The van der Waals surface area contributed by atoms with Crippen LogP contribution in [0.4, 0.5) is 0 Å². The highest BCUT2D eigenvalue weighted by molar-refractivity contribution is 4.61. The number of nitrogens with zero attached hydrogens (tertiary/aromatic N) is 2. The van der Waals surface area contributed by atoms with E-state index in [4.69, 9.17) is 0 Å². The number of hydrogen-bond acceptors (Lipinski definition) is 2. The van der Waals surface area contributed by atoms with Gasteiger partial charge in [0.1, 0.15) is 0 Å². The Hall–Kier alpha value is -0.0800. The molecule has 0 amide bonds. The van der Waals surface area contributed by atoms with Crippen LogP contribution in [-0.2, 0) is 0 Å². The summed E-state index contributed by atoms with van der Waals surface area (Å²) in [6.07, 6.45) is 11.1. The van der Waals surface area contributed by atoms with E-state index in [1.807, 2.05) is 0 Å². The van der Waals surface area contributed by atoms with Crippen LogP contribution in [0.1, 0.15) is 58.3 Å². The third kappa shape index (κ3) is 7.77. The van der Waals surface area contributed by atoms with E-state index in [1.165, 1.54) is 84.1 Å². The zero-order valence-corrected chi connectivity index (χ0v) is 12.1. The van der Waals surface area contributed by atoms with Crippen molar-refractivity contribution in [3.8, 4) is 0 Å². The van der Waals surface area contributed by atoms with Crippen molar-refractivity contribution in [1.82, 2.24) is 9.80 Å². The van der Waals surface area contributed by atoms with Crippen LogP contribution in [0.15, 0.2) is 0 Å². The van der Waals surface area contributed by atoms with Crippen molar-refractivity contribution in [3.63, 3.8) is 0 Å². The Morgan fingerprint density at radius 3 is 1.71 bits per heavy atom. The van der Waals surface area contributed by atoms with Crippen molar-refractivity contribution >= 4 is 0 Å². The van der Waals surface area contributed by atoms with E-state index in [2.05, 4.69) is 23.8 Å². The van der Waals surface area contributed by atoms with Gasteiger partial charge in [-0.2, -0.15) is 0 Å². The lowest BCUT2D eigenvalue weighted by molar-refractivity contribution is 0.261. The van der Waals surface area contributed by atoms with Gasteiger partial charge in [-0.25, -0.2) is 0 Å². The molecule has 0 aromatic carbocycles. The van der Waals surface area contributed by atoms with Gasteiger partial charge in [0.2, 0.25) is 0 Å². The normalized spacial score (nSPS) is 23.6. The summed E-state index contributed by atoms with van der Waals surface area (Å²) in [6.45, 7) is 8.88. The summed E-state index contributed by atoms with van der Waals surface area (Å²) in [5, 5.41) is 0. The Labute approximate surface area is 108 Å². The van der Waals surface area contributed by atoms with Crippen molar-refractivity contribution < 1.29 is 0 Å². The molecular weight excluding hydrogens is 208 g/mol. The van der Waals surface area contributed by atoms with Gasteiger partial charge in [-0.15, -0.1) is 0 Å². The Bertz CT molecular complexity index is 170. The second-order valence-electron chi connectivity index (χ2n) is 5.62. The summed E-state index contributed by atoms with van der Waals surface area (Å²) in [5.41, 5.74) is 0. The molecule has 2 heteroatoms. The van der Waals surface area contributed by atoms with Gasteiger partial charge >= 0.3 is 0 Å². The molecule has 0 bridgehead atoms. The maximum absolute atomic E-state index is 2.68. The Balaban J connectivity index is 2.26. The van der Waals surface area contributed by atoms with Crippen LogP contribution in [-0.4, -0.2) is 49.6 Å². The van der Waals surface area contributed by atoms with Gasteiger partial charge in [-0.05, 0) is 71.9 Å². The van der Waals surface area contributed by atoms with Crippen LogP contribution in [0.2, 0.25) is 0 Å². The first-order valence-corrected chi connectivity index (χ1v) is 7.74. The highest BCUT2D eigenvalue weighted by Gasteiger charge is 2.05. The molecule has 1 heterocycles. The first kappa shape index (κ1) is 15.0. The molecule has 0 saturated carbocycles. The SMILES string of the molecule is CCCN1CCCCCCN(C)CCCCC1. The Kier molecular flexibility index (Phi) is 8.72. The quantitative estimate of drug-likeness (QED) is 0.730. The minimum absolute atomic E-state index is 1.30. The van der Waals surface area contributed by atoms with Crippen molar-refractivity contribution in [2.45, 2.75) is 58.3 Å². The first-order valence-electron chi connectivity index (χ1n) is 7.74. The molecular formula is C15H32N2. The fourth-order valence-electron chi connectivity index (χ4n) is 2.73. The van der Waals surface area contributed by atoms with Gasteiger partial charge in [0.25, 0.3) is 0 Å². The van der Waals surface area contributed by atoms with Crippen LogP contribution in [0.5, 0.6) is 0 Å². The van der Waals surface area contributed by atoms with Gasteiger partial charge in [-0.1, -0.05) is 26.2 Å². The molecule has 0 spiro atoms. The number of rotatable bonds is 2. The van der Waals surface area contributed by atoms with Crippen molar-refractivity contribution in [2.24, 2.45) is 0 Å². The predicted molar refractivity (Wildman–Crippen MR) is 76.5 cm³/mol. The fraction of sp³-hybridized carbons (Fsp3) is 1.00. The average molecular weight is 240 g/mol. The lowest BCUT2D eigenvalue weighted by atomic mass is 10.2. The summed E-state index contributed by atoms with van der Waals surface area (Å²) in [5.74, 6) is 0. The second kappa shape index (κ2) is 9.90. The van der Waals surface area contributed by atoms with E-state index in [9.17, 15) is 0 Å². The van der Waals surface area contributed by atoms with Gasteiger partial charge in [0.05, 0.1) is 0 Å². The van der Waals surface area contributed by atoms with Crippen molar-refractivity contribution in [3.05, 3.63) is 0 Å². The lowest BCUT2D eigenvalue weighted by Crippen LogP contribution is -2.27. The van der Waals surface area contributed by atoms with E-state index in [1.54, 1.807) is 0 Å². The highest BCUT2D eigenvalue weighted by atomic mass is 15.1. The van der Waals surface area contributed by atoms with E-state index >= 15 is 0 Å². The molecule has 102 valence electrons. The maximum Gasteiger partial charge on any atom is -0.00187 e. The van der Waals surface area contributed by atoms with Gasteiger partial charge in [-0.3, -0.25) is 0 Å². The molecule has 0 unspecified atom stereocenters. The summed E-state index contributed by atoms with van der Waals surface area (Å²) in [6, 6.07) is 0. The van der Waals surface area contributed by atoms with Gasteiger partial charge in [0.15, 0.2) is 0 Å². The van der Waals surface area contributed by atoms with Crippen molar-refractivity contribution in [1.29, 1.82) is 0 Å². The van der Waals surface area contributed by atoms with Gasteiger partial charge < -0.3 is 9.80 Å². The molecule has 0 aliphatic carbocycles. The molecule has 0 atom stereocenters. The largest absolute Gasteiger partial charge is 0.306 e. The third-order valence-electron chi connectivity index (χ3n) is 3.82. The van der Waals surface area contributed by atoms with Crippen LogP contribution in [0.3, 0.4) is 0 Å². The average Bonchev–Trinajstić information content (AvgIpc) is 2.33. The topological polar surface area (TPSA) is 6.48 Å². The third-order valence-corrected chi connectivity index (χ3v) is 3.82. The van der Waals surface area contributed by atoms with Crippen LogP contribution >= 0.6 is 0 Å². The molecule has 1 aliphatic heterocycles. The molecule has 0 aromatic heterocycles. The predicted octanol–water partition coefficient (Wildman–Crippen LogP) is 3.37. The standard InChI is InChI=1S/C15H32N2/c1-3-11-17-14-9-5-4-7-12-16(2)13-8-6-10-15-17/h3-15H2,1-2H3. The summed E-state index contributed by atoms with van der Waals surface area (Å²) >= 11 is 0. The summed E-state index contributed by atoms with van der Waals surface area (Å²) in [7, 11) is 2.28. The Morgan fingerprint density at radius 1 is 0.706 bits per heavy atom. The smallest absolute Gasteiger partial charge is 0.00187 e. The summed E-state index contributed by atoms with van der Waals surface area (Å²) in [4.78, 5) is 5.20. The van der Waals surface area contributed by atoms with Crippen LogP contribution < -0.4 is 0 Å². The van der Waals surface area contributed by atoms with E-state index in [-0.39, 0.29) is 0 Å². The molecule has 0 radical (unpaired) electrons. The highest BCUT2D eigenvalue weighted by Crippen LogP contribution is 2.08.